The standard InChI is InChI=1S/C27H34O6/c1-26(2)30-17-20-21(28-15-18-11-7-5-8-12-18)23(29-16-19-13-9-6-10-14-19)25-24(22(20)31-26)32-27(3,4)33-25/h5-14,20-25H,15-17H2,1-4H3/t20-,21+,22-,23+,24+,25-/m1/s1. The van der Waals surface area contributed by atoms with Gasteiger partial charge in [-0.3, -0.25) is 0 Å². The second kappa shape index (κ2) is 9.10. The van der Waals surface area contributed by atoms with Gasteiger partial charge in [0.2, 0.25) is 0 Å². The third kappa shape index (κ3) is 5.02. The van der Waals surface area contributed by atoms with E-state index in [-0.39, 0.29) is 36.4 Å². The molecule has 0 radical (unpaired) electrons. The van der Waals surface area contributed by atoms with Crippen LogP contribution in [0.2, 0.25) is 0 Å². The number of benzene rings is 2. The van der Waals surface area contributed by atoms with Crippen molar-refractivity contribution in [2.45, 2.75) is 83.0 Å². The highest BCUT2D eigenvalue weighted by Crippen LogP contribution is 2.46. The fourth-order valence-corrected chi connectivity index (χ4v) is 5.13. The second-order valence-electron chi connectivity index (χ2n) is 10.0. The summed E-state index contributed by atoms with van der Waals surface area (Å²) in [5.41, 5.74) is 2.22. The molecule has 0 bridgehead atoms. The van der Waals surface area contributed by atoms with Gasteiger partial charge in [-0.25, -0.2) is 0 Å². The highest BCUT2D eigenvalue weighted by molar-refractivity contribution is 5.15. The molecular formula is C27H34O6. The van der Waals surface area contributed by atoms with Gasteiger partial charge in [0.05, 0.1) is 32.0 Å². The molecule has 1 saturated carbocycles. The van der Waals surface area contributed by atoms with Crippen molar-refractivity contribution in [3.05, 3.63) is 71.8 Å². The molecule has 0 N–H and O–H groups in total. The lowest BCUT2D eigenvalue weighted by atomic mass is 9.77. The minimum atomic E-state index is -0.728. The Morgan fingerprint density at radius 3 is 1.79 bits per heavy atom. The highest BCUT2D eigenvalue weighted by Gasteiger charge is 2.62. The minimum absolute atomic E-state index is 0.0405. The SMILES string of the molecule is CC1(C)O[C@H]2[C@@H](O1)[C@@H]1OC(C)(C)OC[C@@H]1[C@H](OCc1ccccc1)[C@@H]2OCc1ccccc1. The van der Waals surface area contributed by atoms with E-state index in [1.54, 1.807) is 0 Å². The molecule has 3 aliphatic rings. The molecule has 0 spiro atoms. The summed E-state index contributed by atoms with van der Waals surface area (Å²) in [5, 5.41) is 0. The Balaban J connectivity index is 1.44. The Labute approximate surface area is 196 Å². The number of hydrogen-bond acceptors (Lipinski definition) is 6. The summed E-state index contributed by atoms with van der Waals surface area (Å²) in [6, 6.07) is 20.4. The summed E-state index contributed by atoms with van der Waals surface area (Å²) in [4.78, 5) is 0. The fourth-order valence-electron chi connectivity index (χ4n) is 5.13. The van der Waals surface area contributed by atoms with Crippen LogP contribution >= 0.6 is 0 Å². The fraction of sp³-hybridized carbons (Fsp3) is 0.556. The number of ether oxygens (including phenoxy) is 6. The highest BCUT2D eigenvalue weighted by atomic mass is 16.8. The Hall–Kier alpha value is -1.80. The van der Waals surface area contributed by atoms with Crippen molar-refractivity contribution < 1.29 is 28.4 Å². The molecule has 5 rings (SSSR count). The zero-order valence-electron chi connectivity index (χ0n) is 19.8. The number of hydrogen-bond donors (Lipinski definition) is 0. The van der Waals surface area contributed by atoms with Crippen molar-refractivity contribution in [3.8, 4) is 0 Å². The zero-order valence-corrected chi connectivity index (χ0v) is 19.8. The van der Waals surface area contributed by atoms with Gasteiger partial charge in [0.1, 0.15) is 18.3 Å². The maximum absolute atomic E-state index is 6.56. The first kappa shape index (κ1) is 23.0. The van der Waals surface area contributed by atoms with Crippen LogP contribution < -0.4 is 0 Å². The first-order chi connectivity index (χ1) is 15.8. The molecule has 6 heteroatoms. The smallest absolute Gasteiger partial charge is 0.164 e. The van der Waals surface area contributed by atoms with E-state index in [4.69, 9.17) is 28.4 Å². The van der Waals surface area contributed by atoms with Crippen LogP contribution in [-0.2, 0) is 41.6 Å². The van der Waals surface area contributed by atoms with E-state index >= 15 is 0 Å². The zero-order chi connectivity index (χ0) is 23.1. The number of fused-ring (bicyclic) bond motifs is 3. The van der Waals surface area contributed by atoms with Gasteiger partial charge in [0.25, 0.3) is 0 Å². The average molecular weight is 455 g/mol. The van der Waals surface area contributed by atoms with Gasteiger partial charge in [0.15, 0.2) is 11.6 Å². The molecule has 2 aromatic carbocycles. The van der Waals surface area contributed by atoms with Crippen molar-refractivity contribution in [3.63, 3.8) is 0 Å². The van der Waals surface area contributed by atoms with Crippen molar-refractivity contribution in [2.24, 2.45) is 5.92 Å². The Morgan fingerprint density at radius 1 is 0.667 bits per heavy atom. The molecule has 2 saturated heterocycles. The molecule has 2 aliphatic heterocycles. The Kier molecular flexibility index (Phi) is 6.33. The van der Waals surface area contributed by atoms with E-state index < -0.39 is 11.6 Å². The van der Waals surface area contributed by atoms with Gasteiger partial charge in [-0.1, -0.05) is 60.7 Å². The summed E-state index contributed by atoms with van der Waals surface area (Å²) in [6.07, 6.45) is -1.37. The van der Waals surface area contributed by atoms with Gasteiger partial charge >= 0.3 is 0 Å². The predicted octanol–water partition coefficient (Wildman–Crippen LogP) is 4.46. The van der Waals surface area contributed by atoms with E-state index in [0.717, 1.165) is 11.1 Å². The summed E-state index contributed by atoms with van der Waals surface area (Å²) >= 11 is 0. The lowest BCUT2D eigenvalue weighted by molar-refractivity contribution is -0.342. The van der Waals surface area contributed by atoms with Gasteiger partial charge in [-0.2, -0.15) is 0 Å². The Bertz CT molecular complexity index is 915. The largest absolute Gasteiger partial charge is 0.370 e. The van der Waals surface area contributed by atoms with Gasteiger partial charge in [-0.05, 0) is 38.8 Å². The molecule has 2 aromatic rings. The van der Waals surface area contributed by atoms with Crippen LogP contribution in [0.1, 0.15) is 38.8 Å². The maximum atomic E-state index is 6.56. The van der Waals surface area contributed by atoms with Crippen molar-refractivity contribution in [1.82, 2.24) is 0 Å². The normalized spacial score (nSPS) is 34.4. The van der Waals surface area contributed by atoms with Crippen LogP contribution in [0, 0.1) is 5.92 Å². The van der Waals surface area contributed by atoms with E-state index in [1.165, 1.54) is 0 Å². The molecule has 0 amide bonds. The molecule has 0 aromatic heterocycles. The summed E-state index contributed by atoms with van der Waals surface area (Å²) in [6.45, 7) is 9.22. The molecule has 6 nitrogen and oxygen atoms in total. The Morgan fingerprint density at radius 2 is 1.18 bits per heavy atom. The monoisotopic (exact) mass is 454 g/mol. The molecule has 0 unspecified atom stereocenters. The quantitative estimate of drug-likeness (QED) is 0.643. The predicted molar refractivity (Wildman–Crippen MR) is 122 cm³/mol. The van der Waals surface area contributed by atoms with Crippen LogP contribution in [0.4, 0.5) is 0 Å². The maximum Gasteiger partial charge on any atom is 0.164 e. The lowest BCUT2D eigenvalue weighted by Crippen LogP contribution is -2.66. The third-order valence-electron chi connectivity index (χ3n) is 6.59. The van der Waals surface area contributed by atoms with E-state index in [1.807, 2.05) is 64.1 Å². The van der Waals surface area contributed by atoms with Gasteiger partial charge in [-0.15, -0.1) is 0 Å². The molecular weight excluding hydrogens is 420 g/mol. The van der Waals surface area contributed by atoms with Crippen molar-refractivity contribution in [2.75, 3.05) is 6.61 Å². The van der Waals surface area contributed by atoms with Crippen LogP contribution in [0.15, 0.2) is 60.7 Å². The van der Waals surface area contributed by atoms with Crippen molar-refractivity contribution >= 4 is 0 Å². The van der Waals surface area contributed by atoms with E-state index in [0.29, 0.717) is 19.8 Å². The lowest BCUT2D eigenvalue weighted by Gasteiger charge is -2.52. The van der Waals surface area contributed by atoms with E-state index in [9.17, 15) is 0 Å². The summed E-state index contributed by atoms with van der Waals surface area (Å²) in [7, 11) is 0. The molecule has 1 aliphatic carbocycles. The van der Waals surface area contributed by atoms with E-state index in [2.05, 4.69) is 24.3 Å². The molecule has 33 heavy (non-hydrogen) atoms. The molecule has 6 atom stereocenters. The molecule has 3 fully saturated rings. The first-order valence-electron chi connectivity index (χ1n) is 11.8. The van der Waals surface area contributed by atoms with Gasteiger partial charge < -0.3 is 28.4 Å². The third-order valence-corrected chi connectivity index (χ3v) is 6.59. The first-order valence-corrected chi connectivity index (χ1v) is 11.8. The summed E-state index contributed by atoms with van der Waals surface area (Å²) in [5.74, 6) is -1.46. The average Bonchev–Trinajstić information content (AvgIpc) is 3.12. The van der Waals surface area contributed by atoms with Crippen LogP contribution in [0.25, 0.3) is 0 Å². The van der Waals surface area contributed by atoms with Crippen LogP contribution in [0.3, 0.4) is 0 Å². The number of rotatable bonds is 6. The minimum Gasteiger partial charge on any atom is -0.370 e. The van der Waals surface area contributed by atoms with Crippen LogP contribution in [0.5, 0.6) is 0 Å². The second-order valence-corrected chi connectivity index (χ2v) is 10.0. The molecule has 2 heterocycles. The summed E-state index contributed by atoms with van der Waals surface area (Å²) < 4.78 is 38.4. The van der Waals surface area contributed by atoms with Crippen molar-refractivity contribution in [1.29, 1.82) is 0 Å². The van der Waals surface area contributed by atoms with Crippen LogP contribution in [-0.4, -0.2) is 48.7 Å². The topological polar surface area (TPSA) is 55.4 Å². The van der Waals surface area contributed by atoms with Gasteiger partial charge in [0, 0.05) is 5.92 Å². The molecule has 178 valence electrons.